The number of nitrogens with zero attached hydrogens (tertiary/aromatic N) is 2. The zero-order valence-electron chi connectivity index (χ0n) is 14.6. The average Bonchev–Trinajstić information content (AvgIpc) is 2.52. The van der Waals surface area contributed by atoms with Crippen molar-refractivity contribution in [2.24, 2.45) is 0 Å². The minimum atomic E-state index is -4.74. The first-order chi connectivity index (χ1) is 11.9. The van der Waals surface area contributed by atoms with Gasteiger partial charge in [0.05, 0.1) is 16.8 Å². The van der Waals surface area contributed by atoms with Crippen LogP contribution in [0.3, 0.4) is 0 Å². The Bertz CT molecular complexity index is 751. The number of amides is 1. The molecule has 1 aliphatic heterocycles. The molecular formula is C17H19F3N2O4. The number of carbonyl (C=O) groups excluding carboxylic acids is 1. The molecule has 0 saturated heterocycles. The molecule has 2 rings (SSSR count). The first-order valence-electron chi connectivity index (χ1n) is 7.86. The molecule has 2 heterocycles. The number of carboxylic acids is 1. The number of rotatable bonds is 2. The van der Waals surface area contributed by atoms with Crippen LogP contribution in [0.4, 0.5) is 18.0 Å². The summed E-state index contributed by atoms with van der Waals surface area (Å²) in [6, 6.07) is 0.575. The van der Waals surface area contributed by atoms with Gasteiger partial charge < -0.3 is 14.7 Å². The Morgan fingerprint density at radius 3 is 2.38 bits per heavy atom. The van der Waals surface area contributed by atoms with Gasteiger partial charge in [0, 0.05) is 19.3 Å². The van der Waals surface area contributed by atoms with Crippen LogP contribution >= 0.6 is 0 Å². The van der Waals surface area contributed by atoms with Crippen LogP contribution < -0.4 is 0 Å². The summed E-state index contributed by atoms with van der Waals surface area (Å²) < 4.78 is 45.1. The number of halogens is 3. The van der Waals surface area contributed by atoms with Crippen LogP contribution in [0.2, 0.25) is 0 Å². The third-order valence-electron chi connectivity index (χ3n) is 3.61. The molecule has 0 aliphatic carbocycles. The van der Waals surface area contributed by atoms with Crippen LogP contribution in [0.15, 0.2) is 18.3 Å². The quantitative estimate of drug-likeness (QED) is 0.854. The van der Waals surface area contributed by atoms with Crippen LogP contribution in [-0.2, 0) is 10.9 Å². The standard InChI is InChI=1S/C17H19F3N2O4/c1-16(2,3)26-15(25)22-6-4-10(5-7-22)13-12(17(18,19)20)8-11(9-21-13)14(23)24/h4,8-9H,5-7H2,1-3H3,(H,23,24). The Morgan fingerprint density at radius 2 is 1.92 bits per heavy atom. The summed E-state index contributed by atoms with van der Waals surface area (Å²) in [5, 5.41) is 8.88. The third-order valence-corrected chi connectivity index (χ3v) is 3.61. The normalized spacial score (nSPS) is 15.5. The van der Waals surface area contributed by atoms with E-state index in [2.05, 4.69) is 4.98 Å². The van der Waals surface area contributed by atoms with Crippen molar-refractivity contribution < 1.29 is 32.6 Å². The Balaban J connectivity index is 2.27. The predicted molar refractivity (Wildman–Crippen MR) is 86.6 cm³/mol. The van der Waals surface area contributed by atoms with E-state index in [0.717, 1.165) is 6.20 Å². The number of carbonyl (C=O) groups is 2. The Hall–Kier alpha value is -2.58. The van der Waals surface area contributed by atoms with E-state index in [9.17, 15) is 22.8 Å². The van der Waals surface area contributed by atoms with Crippen molar-refractivity contribution in [1.29, 1.82) is 0 Å². The van der Waals surface area contributed by atoms with Crippen LogP contribution in [0, 0.1) is 0 Å². The minimum Gasteiger partial charge on any atom is -0.478 e. The molecule has 1 aromatic heterocycles. The van der Waals surface area contributed by atoms with E-state index in [1.807, 2.05) is 0 Å². The van der Waals surface area contributed by atoms with Gasteiger partial charge in [-0.1, -0.05) is 6.08 Å². The van der Waals surface area contributed by atoms with E-state index in [1.54, 1.807) is 20.8 Å². The third kappa shape index (κ3) is 4.74. The topological polar surface area (TPSA) is 79.7 Å². The minimum absolute atomic E-state index is 0.0872. The van der Waals surface area contributed by atoms with E-state index in [-0.39, 0.29) is 25.2 Å². The molecule has 1 amide bonds. The number of hydrogen-bond donors (Lipinski definition) is 1. The number of carboxylic acid groups (broad SMARTS) is 1. The lowest BCUT2D eigenvalue weighted by Crippen LogP contribution is -2.39. The highest BCUT2D eigenvalue weighted by molar-refractivity contribution is 5.88. The van der Waals surface area contributed by atoms with Crippen LogP contribution in [-0.4, -0.2) is 45.7 Å². The van der Waals surface area contributed by atoms with E-state index in [4.69, 9.17) is 9.84 Å². The summed E-state index contributed by atoms with van der Waals surface area (Å²) in [7, 11) is 0. The molecule has 1 aromatic rings. The molecule has 0 fully saturated rings. The Labute approximate surface area is 148 Å². The molecule has 0 spiro atoms. The van der Waals surface area contributed by atoms with Crippen molar-refractivity contribution in [3.63, 3.8) is 0 Å². The molecule has 0 aromatic carbocycles. The summed E-state index contributed by atoms with van der Waals surface area (Å²) in [5.74, 6) is -1.48. The first kappa shape index (κ1) is 19.7. The fourth-order valence-corrected chi connectivity index (χ4v) is 2.43. The number of aromatic nitrogens is 1. The lowest BCUT2D eigenvalue weighted by molar-refractivity contribution is -0.138. The summed E-state index contributed by atoms with van der Waals surface area (Å²) in [4.78, 5) is 28.0. The highest BCUT2D eigenvalue weighted by Crippen LogP contribution is 2.36. The van der Waals surface area contributed by atoms with Gasteiger partial charge in [-0.3, -0.25) is 4.98 Å². The molecule has 0 saturated carbocycles. The van der Waals surface area contributed by atoms with Gasteiger partial charge in [-0.05, 0) is 38.8 Å². The van der Waals surface area contributed by atoms with Gasteiger partial charge in [-0.25, -0.2) is 9.59 Å². The summed E-state index contributed by atoms with van der Waals surface area (Å²) in [6.07, 6.45) is -2.75. The summed E-state index contributed by atoms with van der Waals surface area (Å²) >= 11 is 0. The summed E-state index contributed by atoms with van der Waals surface area (Å²) in [6.45, 7) is 5.43. The number of alkyl halides is 3. The fraction of sp³-hybridized carbons (Fsp3) is 0.471. The second kappa shape index (κ2) is 6.97. The highest BCUT2D eigenvalue weighted by Gasteiger charge is 2.36. The van der Waals surface area contributed by atoms with E-state index in [1.165, 1.54) is 11.0 Å². The number of pyridine rings is 1. The second-order valence-corrected chi connectivity index (χ2v) is 6.83. The largest absolute Gasteiger partial charge is 0.478 e. The molecule has 142 valence electrons. The number of hydrogen-bond acceptors (Lipinski definition) is 4. The summed E-state index contributed by atoms with van der Waals surface area (Å²) in [5.41, 5.74) is -2.30. The van der Waals surface area contributed by atoms with E-state index < -0.39 is 35.0 Å². The second-order valence-electron chi connectivity index (χ2n) is 6.83. The van der Waals surface area contributed by atoms with Gasteiger partial charge in [0.15, 0.2) is 0 Å². The molecule has 9 heteroatoms. The Kier molecular flexibility index (Phi) is 5.29. The lowest BCUT2D eigenvalue weighted by atomic mass is 9.98. The van der Waals surface area contributed by atoms with Gasteiger partial charge in [0.2, 0.25) is 0 Å². The zero-order valence-corrected chi connectivity index (χ0v) is 14.6. The maximum Gasteiger partial charge on any atom is 0.418 e. The molecule has 0 unspecified atom stereocenters. The molecular weight excluding hydrogens is 353 g/mol. The molecule has 1 N–H and O–H groups in total. The smallest absolute Gasteiger partial charge is 0.418 e. The van der Waals surface area contributed by atoms with Crippen LogP contribution in [0.5, 0.6) is 0 Å². The number of ether oxygens (including phenoxy) is 1. The Morgan fingerprint density at radius 1 is 1.27 bits per heavy atom. The van der Waals surface area contributed by atoms with Gasteiger partial charge in [0.1, 0.15) is 5.60 Å². The molecule has 26 heavy (non-hydrogen) atoms. The lowest BCUT2D eigenvalue weighted by Gasteiger charge is -2.29. The van der Waals surface area contributed by atoms with Gasteiger partial charge in [-0.15, -0.1) is 0 Å². The maximum atomic E-state index is 13.3. The van der Waals surface area contributed by atoms with Crippen molar-refractivity contribution in [3.8, 4) is 0 Å². The SMILES string of the molecule is CC(C)(C)OC(=O)N1CC=C(c2ncc(C(=O)O)cc2C(F)(F)F)CC1. The predicted octanol–water partition coefficient (Wildman–Crippen LogP) is 3.82. The van der Waals surface area contributed by atoms with Crippen molar-refractivity contribution in [1.82, 2.24) is 9.88 Å². The maximum absolute atomic E-state index is 13.3. The molecule has 0 atom stereocenters. The number of aromatic carboxylic acids is 1. The fourth-order valence-electron chi connectivity index (χ4n) is 2.43. The monoisotopic (exact) mass is 372 g/mol. The van der Waals surface area contributed by atoms with Gasteiger partial charge in [-0.2, -0.15) is 13.2 Å². The van der Waals surface area contributed by atoms with Crippen molar-refractivity contribution in [2.45, 2.75) is 39.0 Å². The van der Waals surface area contributed by atoms with Gasteiger partial charge in [0.25, 0.3) is 0 Å². The first-order valence-corrected chi connectivity index (χ1v) is 7.86. The molecule has 0 radical (unpaired) electrons. The molecule has 0 bridgehead atoms. The molecule has 6 nitrogen and oxygen atoms in total. The van der Waals surface area contributed by atoms with Crippen molar-refractivity contribution in [2.75, 3.05) is 13.1 Å². The average molecular weight is 372 g/mol. The van der Waals surface area contributed by atoms with Gasteiger partial charge >= 0.3 is 18.2 Å². The molecule has 1 aliphatic rings. The van der Waals surface area contributed by atoms with Crippen LogP contribution in [0.1, 0.15) is 48.8 Å². The van der Waals surface area contributed by atoms with E-state index >= 15 is 0 Å². The van der Waals surface area contributed by atoms with Crippen molar-refractivity contribution in [3.05, 3.63) is 35.2 Å². The zero-order chi connectivity index (χ0) is 19.7. The highest BCUT2D eigenvalue weighted by atomic mass is 19.4. The van der Waals surface area contributed by atoms with Crippen LogP contribution in [0.25, 0.3) is 5.57 Å². The van der Waals surface area contributed by atoms with E-state index in [0.29, 0.717) is 11.6 Å². The van der Waals surface area contributed by atoms with Crippen molar-refractivity contribution >= 4 is 17.6 Å².